The number of aliphatic carboxylic acids is 1. The van der Waals surface area contributed by atoms with E-state index in [1.54, 1.807) is 4.90 Å². The second-order valence-corrected chi connectivity index (χ2v) is 7.76. The molecule has 0 bridgehead atoms. The molecule has 1 fully saturated rings. The molecule has 0 atom stereocenters. The van der Waals surface area contributed by atoms with Crippen LogP contribution in [0, 0.1) is 0 Å². The summed E-state index contributed by atoms with van der Waals surface area (Å²) in [5, 5.41) is 12.6. The first-order valence-corrected chi connectivity index (χ1v) is 8.85. The standard InChI is InChI=1S/C15H28N2O3S/c1-15(2,3)17(10-9-13(18)19)14(20)16-11-5-7-12(21-4)8-6-11/h11-12H,5-10H2,1-4H3,(H,16,20)(H,18,19). The van der Waals surface area contributed by atoms with Crippen LogP contribution in [0.2, 0.25) is 0 Å². The summed E-state index contributed by atoms with van der Waals surface area (Å²) in [6.07, 6.45) is 6.40. The highest BCUT2D eigenvalue weighted by Crippen LogP contribution is 2.27. The van der Waals surface area contributed by atoms with Gasteiger partial charge < -0.3 is 15.3 Å². The van der Waals surface area contributed by atoms with E-state index >= 15 is 0 Å². The molecule has 0 aliphatic heterocycles. The molecule has 1 aliphatic carbocycles. The molecule has 2 N–H and O–H groups in total. The predicted octanol–water partition coefficient (Wildman–Crippen LogP) is 2.95. The van der Waals surface area contributed by atoms with Crippen molar-refractivity contribution in [1.29, 1.82) is 0 Å². The first-order valence-electron chi connectivity index (χ1n) is 7.56. The number of rotatable bonds is 5. The molecule has 0 saturated heterocycles. The van der Waals surface area contributed by atoms with E-state index in [9.17, 15) is 9.59 Å². The molecular formula is C15H28N2O3S. The third-order valence-corrected chi connectivity index (χ3v) is 5.08. The predicted molar refractivity (Wildman–Crippen MR) is 86.8 cm³/mol. The Morgan fingerprint density at radius 3 is 2.24 bits per heavy atom. The number of carbonyl (C=O) groups excluding carboxylic acids is 1. The Bertz CT molecular complexity index is 360. The third kappa shape index (κ3) is 6.16. The summed E-state index contributed by atoms with van der Waals surface area (Å²) in [5.74, 6) is -0.877. The van der Waals surface area contributed by atoms with Crippen LogP contribution in [0.5, 0.6) is 0 Å². The van der Waals surface area contributed by atoms with Gasteiger partial charge in [0.2, 0.25) is 0 Å². The van der Waals surface area contributed by atoms with Gasteiger partial charge in [-0.2, -0.15) is 11.8 Å². The zero-order valence-corrected chi connectivity index (χ0v) is 14.3. The van der Waals surface area contributed by atoms with E-state index in [0.717, 1.165) is 25.7 Å². The summed E-state index contributed by atoms with van der Waals surface area (Å²) < 4.78 is 0. The van der Waals surface area contributed by atoms with E-state index in [4.69, 9.17) is 5.11 Å². The number of carboxylic acids is 1. The zero-order chi connectivity index (χ0) is 16.0. The van der Waals surface area contributed by atoms with Gasteiger partial charge in [0.25, 0.3) is 0 Å². The van der Waals surface area contributed by atoms with Crippen molar-refractivity contribution < 1.29 is 14.7 Å². The Morgan fingerprint density at radius 2 is 1.81 bits per heavy atom. The topological polar surface area (TPSA) is 69.6 Å². The molecule has 21 heavy (non-hydrogen) atoms. The summed E-state index contributed by atoms with van der Waals surface area (Å²) in [6, 6.07) is 0.0759. The van der Waals surface area contributed by atoms with Gasteiger partial charge in [0.05, 0.1) is 6.42 Å². The maximum Gasteiger partial charge on any atom is 0.318 e. The SMILES string of the molecule is CSC1CCC(NC(=O)N(CCC(=O)O)C(C)(C)C)CC1. The van der Waals surface area contributed by atoms with Gasteiger partial charge in [-0.1, -0.05) is 0 Å². The van der Waals surface area contributed by atoms with Crippen molar-refractivity contribution in [3.05, 3.63) is 0 Å². The molecule has 0 aromatic carbocycles. The van der Waals surface area contributed by atoms with Crippen LogP contribution >= 0.6 is 11.8 Å². The molecule has 0 unspecified atom stereocenters. The van der Waals surface area contributed by atoms with Gasteiger partial charge in [0.1, 0.15) is 0 Å². The van der Waals surface area contributed by atoms with Gasteiger partial charge in [0.15, 0.2) is 0 Å². The number of amides is 2. The molecular weight excluding hydrogens is 288 g/mol. The van der Waals surface area contributed by atoms with Crippen molar-refractivity contribution in [1.82, 2.24) is 10.2 Å². The second kappa shape index (κ2) is 7.92. The van der Waals surface area contributed by atoms with Crippen LogP contribution in [0.4, 0.5) is 4.79 Å². The molecule has 0 radical (unpaired) electrons. The molecule has 0 heterocycles. The Morgan fingerprint density at radius 1 is 1.24 bits per heavy atom. The van der Waals surface area contributed by atoms with E-state index < -0.39 is 5.97 Å². The summed E-state index contributed by atoms with van der Waals surface area (Å²) >= 11 is 1.90. The Kier molecular flexibility index (Phi) is 6.84. The average molecular weight is 316 g/mol. The number of hydrogen-bond acceptors (Lipinski definition) is 3. The molecule has 0 spiro atoms. The minimum atomic E-state index is -0.877. The average Bonchev–Trinajstić information content (AvgIpc) is 2.37. The highest BCUT2D eigenvalue weighted by atomic mass is 32.2. The Balaban J connectivity index is 2.54. The first-order chi connectivity index (χ1) is 9.74. The molecule has 1 saturated carbocycles. The summed E-state index contributed by atoms with van der Waals surface area (Å²) in [7, 11) is 0. The van der Waals surface area contributed by atoms with Crippen LogP contribution in [0.15, 0.2) is 0 Å². The minimum absolute atomic E-state index is 0.0239. The molecule has 0 aromatic heterocycles. The van der Waals surface area contributed by atoms with E-state index in [0.29, 0.717) is 5.25 Å². The van der Waals surface area contributed by atoms with E-state index in [-0.39, 0.29) is 30.6 Å². The van der Waals surface area contributed by atoms with Gasteiger partial charge >= 0.3 is 12.0 Å². The Labute approximate surface area is 131 Å². The smallest absolute Gasteiger partial charge is 0.318 e. The molecule has 1 rings (SSSR count). The maximum atomic E-state index is 12.4. The minimum Gasteiger partial charge on any atom is -0.481 e. The first kappa shape index (κ1) is 18.1. The summed E-state index contributed by atoms with van der Waals surface area (Å²) in [6.45, 7) is 6.03. The van der Waals surface area contributed by atoms with Crippen LogP contribution in [0.1, 0.15) is 52.9 Å². The Hall–Kier alpha value is -0.910. The molecule has 122 valence electrons. The lowest BCUT2D eigenvalue weighted by Crippen LogP contribution is -2.53. The van der Waals surface area contributed by atoms with Crippen LogP contribution in [0.3, 0.4) is 0 Å². The highest BCUT2D eigenvalue weighted by Gasteiger charge is 2.29. The van der Waals surface area contributed by atoms with Crippen LogP contribution in [-0.4, -0.2) is 51.6 Å². The number of carbonyl (C=O) groups is 2. The van der Waals surface area contributed by atoms with Gasteiger partial charge in [0, 0.05) is 23.4 Å². The largest absolute Gasteiger partial charge is 0.481 e. The number of nitrogens with zero attached hydrogens (tertiary/aromatic N) is 1. The third-order valence-electron chi connectivity index (χ3n) is 3.94. The van der Waals surface area contributed by atoms with Crippen molar-refractivity contribution in [3.63, 3.8) is 0 Å². The maximum absolute atomic E-state index is 12.4. The van der Waals surface area contributed by atoms with Crippen LogP contribution in [0.25, 0.3) is 0 Å². The fourth-order valence-corrected chi connectivity index (χ4v) is 3.39. The van der Waals surface area contributed by atoms with Gasteiger partial charge in [-0.15, -0.1) is 0 Å². The van der Waals surface area contributed by atoms with Crippen molar-refractivity contribution in [3.8, 4) is 0 Å². The van der Waals surface area contributed by atoms with Crippen molar-refractivity contribution in [2.75, 3.05) is 12.8 Å². The fraction of sp³-hybridized carbons (Fsp3) is 0.867. The van der Waals surface area contributed by atoms with E-state index in [2.05, 4.69) is 11.6 Å². The fourth-order valence-electron chi connectivity index (χ4n) is 2.64. The normalized spacial score (nSPS) is 22.7. The summed E-state index contributed by atoms with van der Waals surface area (Å²) in [4.78, 5) is 24.8. The van der Waals surface area contributed by atoms with Crippen molar-refractivity contribution in [2.24, 2.45) is 0 Å². The molecule has 6 heteroatoms. The van der Waals surface area contributed by atoms with Gasteiger partial charge in [-0.25, -0.2) is 4.79 Å². The summed E-state index contributed by atoms with van der Waals surface area (Å²) in [5.41, 5.74) is -0.379. The quantitative estimate of drug-likeness (QED) is 0.818. The highest BCUT2D eigenvalue weighted by molar-refractivity contribution is 7.99. The van der Waals surface area contributed by atoms with Crippen molar-refractivity contribution >= 4 is 23.8 Å². The van der Waals surface area contributed by atoms with E-state index in [1.165, 1.54) is 0 Å². The molecule has 5 nitrogen and oxygen atoms in total. The number of urea groups is 1. The lowest BCUT2D eigenvalue weighted by Gasteiger charge is -2.37. The van der Waals surface area contributed by atoms with Crippen LogP contribution < -0.4 is 5.32 Å². The number of carboxylic acid groups (broad SMARTS) is 1. The zero-order valence-electron chi connectivity index (χ0n) is 13.5. The van der Waals surface area contributed by atoms with Crippen LogP contribution in [-0.2, 0) is 4.79 Å². The molecule has 1 aliphatic rings. The number of thioether (sulfide) groups is 1. The second-order valence-electron chi connectivity index (χ2n) is 6.63. The van der Waals surface area contributed by atoms with Gasteiger partial charge in [-0.05, 0) is 52.7 Å². The number of nitrogens with one attached hydrogen (secondary N) is 1. The van der Waals surface area contributed by atoms with Gasteiger partial charge in [-0.3, -0.25) is 4.79 Å². The monoisotopic (exact) mass is 316 g/mol. The molecule has 2 amide bonds. The van der Waals surface area contributed by atoms with E-state index in [1.807, 2.05) is 32.5 Å². The number of hydrogen-bond donors (Lipinski definition) is 2. The lowest BCUT2D eigenvalue weighted by molar-refractivity contribution is -0.137. The molecule has 0 aromatic rings. The lowest BCUT2D eigenvalue weighted by atomic mass is 9.95. The van der Waals surface area contributed by atoms with Crippen molar-refractivity contribution in [2.45, 2.75) is 69.7 Å².